The number of benzene rings is 2. The number of rotatable bonds is 6. The summed E-state index contributed by atoms with van der Waals surface area (Å²) in [5, 5.41) is 11.9. The molecule has 1 saturated heterocycles. The molecule has 0 atom stereocenters. The average Bonchev–Trinajstić information content (AvgIpc) is 2.69. The predicted octanol–water partition coefficient (Wildman–Crippen LogP) is 2.64. The van der Waals surface area contributed by atoms with Crippen LogP contribution >= 0.6 is 0 Å². The molecule has 0 spiro atoms. The Morgan fingerprint density at radius 3 is 2.41 bits per heavy atom. The molecule has 0 aromatic heterocycles. The Balaban J connectivity index is 1.59. The molecule has 1 fully saturated rings. The second-order valence-corrected chi connectivity index (χ2v) is 6.70. The highest BCUT2D eigenvalue weighted by Gasteiger charge is 2.22. The lowest BCUT2D eigenvalue weighted by Gasteiger charge is -2.31. The highest BCUT2D eigenvalue weighted by Crippen LogP contribution is 2.29. The number of carbonyl (C=O) groups is 2. The molecular formula is C21H24N2O4. The maximum atomic E-state index is 12.5. The van der Waals surface area contributed by atoms with Crippen LogP contribution in [0.1, 0.15) is 23.2 Å². The minimum Gasteiger partial charge on any atom is -0.496 e. The lowest BCUT2D eigenvalue weighted by molar-refractivity contribution is -0.138. The van der Waals surface area contributed by atoms with E-state index in [1.807, 2.05) is 53.4 Å². The van der Waals surface area contributed by atoms with Crippen molar-refractivity contribution in [1.82, 2.24) is 10.2 Å². The zero-order chi connectivity index (χ0) is 19.2. The quantitative estimate of drug-likeness (QED) is 0.820. The Morgan fingerprint density at radius 1 is 1.11 bits per heavy atom. The number of hydrogen-bond donors (Lipinski definition) is 2. The molecule has 6 nitrogen and oxygen atoms in total. The molecule has 3 rings (SSSR count). The van der Waals surface area contributed by atoms with Gasteiger partial charge in [0.25, 0.3) is 5.91 Å². The van der Waals surface area contributed by atoms with E-state index in [9.17, 15) is 9.59 Å². The molecule has 1 aliphatic heterocycles. The molecule has 2 aromatic carbocycles. The van der Waals surface area contributed by atoms with Gasteiger partial charge in [0.05, 0.1) is 13.7 Å². The van der Waals surface area contributed by atoms with Crippen molar-refractivity contribution in [3.8, 4) is 16.9 Å². The first-order valence-corrected chi connectivity index (χ1v) is 9.05. The Kier molecular flexibility index (Phi) is 6.08. The smallest absolute Gasteiger partial charge is 0.317 e. The third kappa shape index (κ3) is 4.86. The Morgan fingerprint density at radius 2 is 1.78 bits per heavy atom. The van der Waals surface area contributed by atoms with Crippen molar-refractivity contribution in [1.29, 1.82) is 0 Å². The van der Waals surface area contributed by atoms with E-state index < -0.39 is 5.97 Å². The topological polar surface area (TPSA) is 78.9 Å². The van der Waals surface area contributed by atoms with Crippen molar-refractivity contribution < 1.29 is 19.4 Å². The van der Waals surface area contributed by atoms with E-state index in [0.29, 0.717) is 18.7 Å². The molecule has 1 aliphatic rings. The minimum absolute atomic E-state index is 0.0606. The fourth-order valence-corrected chi connectivity index (χ4v) is 3.38. The normalized spacial score (nSPS) is 15.3. The summed E-state index contributed by atoms with van der Waals surface area (Å²) in [5.41, 5.74) is 2.59. The van der Waals surface area contributed by atoms with Gasteiger partial charge in [-0.05, 0) is 36.6 Å². The van der Waals surface area contributed by atoms with Gasteiger partial charge in [0.1, 0.15) is 5.75 Å². The number of amides is 1. The third-order valence-electron chi connectivity index (χ3n) is 4.85. The minimum atomic E-state index is -0.812. The van der Waals surface area contributed by atoms with Gasteiger partial charge in [-0.15, -0.1) is 0 Å². The molecule has 0 unspecified atom stereocenters. The number of para-hydroxylation sites is 1. The molecule has 1 heterocycles. The van der Waals surface area contributed by atoms with Gasteiger partial charge in [-0.1, -0.05) is 30.3 Å². The highest BCUT2D eigenvalue weighted by atomic mass is 16.5. The summed E-state index contributed by atoms with van der Waals surface area (Å²) < 4.78 is 5.39. The van der Waals surface area contributed by atoms with Crippen LogP contribution in [0.2, 0.25) is 0 Å². The molecule has 0 radical (unpaired) electrons. The second kappa shape index (κ2) is 8.68. The number of ether oxygens (including phenoxy) is 1. The van der Waals surface area contributed by atoms with E-state index in [4.69, 9.17) is 9.84 Å². The zero-order valence-electron chi connectivity index (χ0n) is 15.4. The van der Waals surface area contributed by atoms with Crippen LogP contribution in [0.15, 0.2) is 48.5 Å². The summed E-state index contributed by atoms with van der Waals surface area (Å²) in [6, 6.07) is 15.3. The molecular weight excluding hydrogens is 344 g/mol. The third-order valence-corrected chi connectivity index (χ3v) is 4.85. The second-order valence-electron chi connectivity index (χ2n) is 6.70. The monoisotopic (exact) mass is 368 g/mol. The summed E-state index contributed by atoms with van der Waals surface area (Å²) in [6.45, 7) is 1.43. The number of aliphatic carboxylic acids is 1. The fourth-order valence-electron chi connectivity index (χ4n) is 3.38. The molecule has 142 valence electrons. The van der Waals surface area contributed by atoms with Crippen LogP contribution in [0.25, 0.3) is 11.1 Å². The summed E-state index contributed by atoms with van der Waals surface area (Å²) in [6.07, 6.45) is 1.52. The van der Waals surface area contributed by atoms with Gasteiger partial charge in [-0.3, -0.25) is 14.5 Å². The van der Waals surface area contributed by atoms with Gasteiger partial charge in [-0.2, -0.15) is 0 Å². The molecule has 2 N–H and O–H groups in total. The predicted molar refractivity (Wildman–Crippen MR) is 103 cm³/mol. The molecule has 0 bridgehead atoms. The Bertz CT molecular complexity index is 796. The average molecular weight is 368 g/mol. The summed E-state index contributed by atoms with van der Waals surface area (Å²) >= 11 is 0. The molecule has 1 amide bonds. The van der Waals surface area contributed by atoms with Crippen LogP contribution in [-0.2, 0) is 4.79 Å². The standard InChI is InChI=1S/C21H24N2O4/c1-27-19-5-3-2-4-18(19)15-6-8-16(9-7-15)21(26)22-17-10-12-23(13-11-17)14-20(24)25/h2-9,17H,10-14H2,1H3,(H,22,26)(H,24,25). The van der Waals surface area contributed by atoms with Gasteiger partial charge in [0.2, 0.25) is 0 Å². The van der Waals surface area contributed by atoms with Gasteiger partial charge in [-0.25, -0.2) is 0 Å². The van der Waals surface area contributed by atoms with Crippen LogP contribution in [0, 0.1) is 0 Å². The lowest BCUT2D eigenvalue weighted by atomic mass is 10.0. The number of likely N-dealkylation sites (tertiary alicyclic amines) is 1. The number of carboxylic acids is 1. The Hall–Kier alpha value is -2.86. The number of piperidine rings is 1. The van der Waals surface area contributed by atoms with E-state index in [1.165, 1.54) is 0 Å². The highest BCUT2D eigenvalue weighted by molar-refractivity contribution is 5.95. The number of nitrogens with zero attached hydrogens (tertiary/aromatic N) is 1. The molecule has 27 heavy (non-hydrogen) atoms. The van der Waals surface area contributed by atoms with E-state index in [2.05, 4.69) is 5.32 Å². The van der Waals surface area contributed by atoms with Crippen molar-refractivity contribution in [3.05, 3.63) is 54.1 Å². The maximum absolute atomic E-state index is 12.5. The van der Waals surface area contributed by atoms with Crippen LogP contribution in [0.4, 0.5) is 0 Å². The van der Waals surface area contributed by atoms with Gasteiger partial charge >= 0.3 is 5.97 Å². The van der Waals surface area contributed by atoms with E-state index >= 15 is 0 Å². The summed E-state index contributed by atoms with van der Waals surface area (Å²) in [5.74, 6) is -0.117. The van der Waals surface area contributed by atoms with E-state index in [0.717, 1.165) is 29.7 Å². The summed E-state index contributed by atoms with van der Waals surface area (Å²) in [7, 11) is 1.64. The molecule has 2 aromatic rings. The lowest BCUT2D eigenvalue weighted by Crippen LogP contribution is -2.45. The largest absolute Gasteiger partial charge is 0.496 e. The number of hydrogen-bond acceptors (Lipinski definition) is 4. The van der Waals surface area contributed by atoms with Crippen LogP contribution < -0.4 is 10.1 Å². The van der Waals surface area contributed by atoms with Crippen molar-refractivity contribution in [3.63, 3.8) is 0 Å². The van der Waals surface area contributed by atoms with Crippen molar-refractivity contribution in [2.75, 3.05) is 26.7 Å². The van der Waals surface area contributed by atoms with Crippen molar-refractivity contribution in [2.45, 2.75) is 18.9 Å². The number of methoxy groups -OCH3 is 1. The maximum Gasteiger partial charge on any atom is 0.317 e. The van der Waals surface area contributed by atoms with Crippen molar-refractivity contribution in [2.24, 2.45) is 0 Å². The fraction of sp³-hybridized carbons (Fsp3) is 0.333. The number of nitrogens with one attached hydrogen (secondary N) is 1. The molecule has 0 aliphatic carbocycles. The van der Waals surface area contributed by atoms with E-state index in [-0.39, 0.29) is 18.5 Å². The molecule has 0 saturated carbocycles. The van der Waals surface area contributed by atoms with E-state index in [1.54, 1.807) is 7.11 Å². The van der Waals surface area contributed by atoms with Crippen LogP contribution in [-0.4, -0.2) is 54.7 Å². The summed E-state index contributed by atoms with van der Waals surface area (Å²) in [4.78, 5) is 25.2. The van der Waals surface area contributed by atoms with Gasteiger partial charge < -0.3 is 15.2 Å². The first kappa shape index (κ1) is 18.9. The van der Waals surface area contributed by atoms with Gasteiger partial charge in [0, 0.05) is 30.3 Å². The molecule has 6 heteroatoms. The first-order chi connectivity index (χ1) is 13.1. The van der Waals surface area contributed by atoms with Gasteiger partial charge in [0.15, 0.2) is 0 Å². The van der Waals surface area contributed by atoms with Crippen LogP contribution in [0.3, 0.4) is 0 Å². The number of carboxylic acid groups (broad SMARTS) is 1. The van der Waals surface area contributed by atoms with Crippen LogP contribution in [0.5, 0.6) is 5.75 Å². The Labute approximate surface area is 158 Å². The SMILES string of the molecule is COc1ccccc1-c1ccc(C(=O)NC2CCN(CC(=O)O)CC2)cc1. The number of carbonyl (C=O) groups excluding carboxylic acids is 1. The first-order valence-electron chi connectivity index (χ1n) is 9.05. The zero-order valence-corrected chi connectivity index (χ0v) is 15.4. The van der Waals surface area contributed by atoms with Crippen molar-refractivity contribution >= 4 is 11.9 Å².